The molecule has 0 aliphatic carbocycles. The molecule has 2 rings (SSSR count). The highest BCUT2D eigenvalue weighted by Crippen LogP contribution is 2.26. The van der Waals surface area contributed by atoms with Gasteiger partial charge in [0.05, 0.1) is 0 Å². The Bertz CT molecular complexity index is 921. The standard InChI is InChI=1S/C26H35BrN2O3/c1-7-20(6)28-26(31)23(8-2)29(15-21-11-9-10-17(3)12-21)24(30)16-32-22-13-18(4)25(27)19(5)14-22/h9-14,20,23H,7-8,15-16H2,1-6H3,(H,28,31). The van der Waals surface area contributed by atoms with Crippen molar-refractivity contribution in [3.63, 3.8) is 0 Å². The lowest BCUT2D eigenvalue weighted by Gasteiger charge is -2.31. The van der Waals surface area contributed by atoms with Gasteiger partial charge in [-0.3, -0.25) is 9.59 Å². The van der Waals surface area contributed by atoms with E-state index in [0.29, 0.717) is 18.7 Å². The monoisotopic (exact) mass is 502 g/mol. The van der Waals surface area contributed by atoms with Crippen molar-refractivity contribution in [2.24, 2.45) is 0 Å². The minimum atomic E-state index is -0.561. The lowest BCUT2D eigenvalue weighted by Crippen LogP contribution is -2.51. The van der Waals surface area contributed by atoms with Crippen LogP contribution in [0.5, 0.6) is 5.75 Å². The van der Waals surface area contributed by atoms with Crippen molar-refractivity contribution in [1.82, 2.24) is 10.2 Å². The zero-order chi connectivity index (χ0) is 23.8. The van der Waals surface area contributed by atoms with Crippen LogP contribution >= 0.6 is 15.9 Å². The van der Waals surface area contributed by atoms with Crippen LogP contribution in [0.4, 0.5) is 0 Å². The summed E-state index contributed by atoms with van der Waals surface area (Å²) in [4.78, 5) is 28.0. The van der Waals surface area contributed by atoms with Crippen LogP contribution in [0.15, 0.2) is 40.9 Å². The average molecular weight is 503 g/mol. The van der Waals surface area contributed by atoms with E-state index < -0.39 is 6.04 Å². The van der Waals surface area contributed by atoms with Crippen molar-refractivity contribution in [2.75, 3.05) is 6.61 Å². The first-order valence-corrected chi connectivity index (χ1v) is 12.0. The lowest BCUT2D eigenvalue weighted by molar-refractivity contribution is -0.143. The SMILES string of the molecule is CCC(C)NC(=O)C(CC)N(Cc1cccc(C)c1)C(=O)COc1cc(C)c(Br)c(C)c1. The van der Waals surface area contributed by atoms with Crippen LogP contribution in [-0.4, -0.2) is 35.4 Å². The molecule has 32 heavy (non-hydrogen) atoms. The molecule has 5 nitrogen and oxygen atoms in total. The number of benzene rings is 2. The number of carbonyl (C=O) groups excluding carboxylic acids is 2. The Morgan fingerprint density at radius 2 is 1.72 bits per heavy atom. The molecule has 0 fully saturated rings. The summed E-state index contributed by atoms with van der Waals surface area (Å²) < 4.78 is 6.89. The number of amides is 2. The molecule has 0 aliphatic rings. The second-order valence-corrected chi connectivity index (χ2v) is 9.21. The molecule has 0 saturated carbocycles. The number of nitrogens with one attached hydrogen (secondary N) is 1. The number of ether oxygens (including phenoxy) is 1. The van der Waals surface area contributed by atoms with Gasteiger partial charge in [-0.2, -0.15) is 0 Å². The molecular weight excluding hydrogens is 468 g/mol. The number of hydrogen-bond acceptors (Lipinski definition) is 3. The van der Waals surface area contributed by atoms with Crippen LogP contribution in [0, 0.1) is 20.8 Å². The molecule has 0 spiro atoms. The van der Waals surface area contributed by atoms with Crippen LogP contribution in [0.2, 0.25) is 0 Å². The second kappa shape index (κ2) is 12.0. The Hall–Kier alpha value is -2.34. The molecule has 2 aromatic carbocycles. The van der Waals surface area contributed by atoms with Crippen LogP contribution in [0.1, 0.15) is 55.9 Å². The number of halogens is 1. The maximum Gasteiger partial charge on any atom is 0.261 e. The molecule has 0 heterocycles. The van der Waals surface area contributed by atoms with Gasteiger partial charge in [-0.05, 0) is 69.4 Å². The molecule has 174 valence electrons. The molecule has 0 saturated heterocycles. The number of carbonyl (C=O) groups is 2. The molecular formula is C26H35BrN2O3. The Kier molecular flexibility index (Phi) is 9.76. The van der Waals surface area contributed by atoms with E-state index in [1.807, 2.05) is 77.9 Å². The van der Waals surface area contributed by atoms with Gasteiger partial charge in [0, 0.05) is 17.1 Å². The third kappa shape index (κ3) is 7.09. The van der Waals surface area contributed by atoms with E-state index in [-0.39, 0.29) is 24.5 Å². The maximum atomic E-state index is 13.3. The predicted molar refractivity (Wildman–Crippen MR) is 133 cm³/mol. The Morgan fingerprint density at radius 1 is 1.06 bits per heavy atom. The zero-order valence-electron chi connectivity index (χ0n) is 20.0. The fourth-order valence-electron chi connectivity index (χ4n) is 3.59. The third-order valence-electron chi connectivity index (χ3n) is 5.59. The summed E-state index contributed by atoms with van der Waals surface area (Å²) in [6, 6.07) is 11.3. The van der Waals surface area contributed by atoms with Crippen molar-refractivity contribution < 1.29 is 14.3 Å². The van der Waals surface area contributed by atoms with E-state index >= 15 is 0 Å². The molecule has 0 radical (unpaired) electrons. The Morgan fingerprint density at radius 3 is 2.28 bits per heavy atom. The lowest BCUT2D eigenvalue weighted by atomic mass is 10.1. The van der Waals surface area contributed by atoms with Gasteiger partial charge >= 0.3 is 0 Å². The van der Waals surface area contributed by atoms with Crippen LogP contribution in [0.3, 0.4) is 0 Å². The Balaban J connectivity index is 2.25. The molecule has 0 bridgehead atoms. The number of hydrogen-bond donors (Lipinski definition) is 1. The molecule has 2 atom stereocenters. The van der Waals surface area contributed by atoms with Gasteiger partial charge in [-0.25, -0.2) is 0 Å². The summed E-state index contributed by atoms with van der Waals surface area (Å²) in [6.45, 7) is 12.2. The first-order valence-electron chi connectivity index (χ1n) is 11.2. The molecule has 2 unspecified atom stereocenters. The van der Waals surface area contributed by atoms with Crippen LogP contribution in [-0.2, 0) is 16.1 Å². The van der Waals surface area contributed by atoms with Gasteiger partial charge < -0.3 is 15.0 Å². The number of rotatable bonds is 10. The van der Waals surface area contributed by atoms with Crippen molar-refractivity contribution >= 4 is 27.7 Å². The molecule has 2 aromatic rings. The van der Waals surface area contributed by atoms with E-state index in [1.165, 1.54) is 0 Å². The predicted octanol–water partition coefficient (Wildman–Crippen LogP) is 5.48. The van der Waals surface area contributed by atoms with E-state index in [2.05, 4.69) is 21.2 Å². The van der Waals surface area contributed by atoms with Crippen molar-refractivity contribution in [2.45, 2.75) is 73.0 Å². The van der Waals surface area contributed by atoms with Crippen LogP contribution < -0.4 is 10.1 Å². The fraction of sp³-hybridized carbons (Fsp3) is 0.462. The van der Waals surface area contributed by atoms with Crippen molar-refractivity contribution in [1.29, 1.82) is 0 Å². The highest BCUT2D eigenvalue weighted by molar-refractivity contribution is 9.10. The first-order chi connectivity index (χ1) is 15.2. The quantitative estimate of drug-likeness (QED) is 0.468. The highest BCUT2D eigenvalue weighted by Gasteiger charge is 2.29. The third-order valence-corrected chi connectivity index (χ3v) is 6.85. The summed E-state index contributed by atoms with van der Waals surface area (Å²) >= 11 is 3.55. The van der Waals surface area contributed by atoms with E-state index in [0.717, 1.165) is 33.1 Å². The summed E-state index contributed by atoms with van der Waals surface area (Å²) in [5.41, 5.74) is 4.19. The summed E-state index contributed by atoms with van der Waals surface area (Å²) in [5.74, 6) is 0.304. The summed E-state index contributed by atoms with van der Waals surface area (Å²) in [7, 11) is 0. The fourth-order valence-corrected chi connectivity index (χ4v) is 3.81. The Labute approximate surface area is 200 Å². The van der Waals surface area contributed by atoms with Crippen molar-refractivity contribution in [3.05, 3.63) is 63.1 Å². The van der Waals surface area contributed by atoms with Gasteiger partial charge in [-0.1, -0.05) is 59.6 Å². The maximum absolute atomic E-state index is 13.3. The van der Waals surface area contributed by atoms with E-state index in [1.54, 1.807) is 4.90 Å². The summed E-state index contributed by atoms with van der Waals surface area (Å²) in [6.07, 6.45) is 1.36. The minimum Gasteiger partial charge on any atom is -0.484 e. The molecule has 6 heteroatoms. The van der Waals surface area contributed by atoms with E-state index in [9.17, 15) is 9.59 Å². The first kappa shape index (κ1) is 25.9. The van der Waals surface area contributed by atoms with Gasteiger partial charge in [0.15, 0.2) is 6.61 Å². The van der Waals surface area contributed by atoms with Gasteiger partial charge in [0.1, 0.15) is 11.8 Å². The molecule has 0 aliphatic heterocycles. The zero-order valence-corrected chi connectivity index (χ0v) is 21.6. The van der Waals surface area contributed by atoms with Crippen LogP contribution in [0.25, 0.3) is 0 Å². The number of nitrogens with zero attached hydrogens (tertiary/aromatic N) is 1. The van der Waals surface area contributed by atoms with E-state index in [4.69, 9.17) is 4.74 Å². The van der Waals surface area contributed by atoms with Gasteiger partial charge in [0.25, 0.3) is 5.91 Å². The molecule has 1 N–H and O–H groups in total. The number of aryl methyl sites for hydroxylation is 3. The highest BCUT2D eigenvalue weighted by atomic mass is 79.9. The smallest absolute Gasteiger partial charge is 0.261 e. The van der Waals surface area contributed by atoms with Gasteiger partial charge in [-0.15, -0.1) is 0 Å². The normalized spacial score (nSPS) is 12.7. The summed E-state index contributed by atoms with van der Waals surface area (Å²) in [5, 5.41) is 3.03. The molecule has 2 amide bonds. The van der Waals surface area contributed by atoms with Crippen molar-refractivity contribution in [3.8, 4) is 5.75 Å². The van der Waals surface area contributed by atoms with Gasteiger partial charge in [0.2, 0.25) is 5.91 Å². The topological polar surface area (TPSA) is 58.6 Å². The largest absolute Gasteiger partial charge is 0.484 e. The second-order valence-electron chi connectivity index (χ2n) is 8.41. The minimum absolute atomic E-state index is 0.0532. The average Bonchev–Trinajstić information content (AvgIpc) is 2.75. The molecule has 0 aromatic heterocycles.